The van der Waals surface area contributed by atoms with Gasteiger partial charge in [0.1, 0.15) is 0 Å². The van der Waals surface area contributed by atoms with Crippen molar-refractivity contribution in [1.29, 1.82) is 0 Å². The molecule has 1 heterocycles. The summed E-state index contributed by atoms with van der Waals surface area (Å²) in [5.41, 5.74) is 7.80. The number of aryl methyl sites for hydroxylation is 1. The van der Waals surface area contributed by atoms with Crippen LogP contribution in [0.25, 0.3) is 0 Å². The van der Waals surface area contributed by atoms with E-state index in [4.69, 9.17) is 10.9 Å². The van der Waals surface area contributed by atoms with Crippen molar-refractivity contribution in [2.45, 2.75) is 19.3 Å². The molecule has 0 saturated carbocycles. The molecule has 1 aliphatic carbocycles. The fourth-order valence-corrected chi connectivity index (χ4v) is 1.53. The Balaban J connectivity index is 2.52. The summed E-state index contributed by atoms with van der Waals surface area (Å²) in [5.74, 6) is 0.276. The van der Waals surface area contributed by atoms with E-state index in [0.29, 0.717) is 5.71 Å². The average Bonchev–Trinajstić information content (AvgIpc) is 2.16. The van der Waals surface area contributed by atoms with Crippen LogP contribution < -0.4 is 5.73 Å². The van der Waals surface area contributed by atoms with Gasteiger partial charge in [0.25, 0.3) is 0 Å². The van der Waals surface area contributed by atoms with Crippen molar-refractivity contribution in [1.82, 2.24) is 9.97 Å². The maximum absolute atomic E-state index is 8.71. The highest BCUT2D eigenvalue weighted by Gasteiger charge is 2.17. The second-order valence-electron chi connectivity index (χ2n) is 2.99. The van der Waals surface area contributed by atoms with E-state index in [1.807, 2.05) is 0 Å². The summed E-state index contributed by atoms with van der Waals surface area (Å²) in [5, 5.41) is 11.9. The number of hydrogen-bond donors (Lipinski definition) is 2. The Bertz CT molecular complexity index is 361. The molecule has 0 atom stereocenters. The minimum Gasteiger partial charge on any atom is -0.411 e. The van der Waals surface area contributed by atoms with E-state index in [0.717, 1.165) is 30.5 Å². The Kier molecular flexibility index (Phi) is 1.84. The van der Waals surface area contributed by atoms with Gasteiger partial charge >= 0.3 is 0 Å². The first-order valence-electron chi connectivity index (χ1n) is 4.14. The summed E-state index contributed by atoms with van der Waals surface area (Å²) in [6.45, 7) is 0. The molecule has 0 saturated heterocycles. The van der Waals surface area contributed by atoms with E-state index in [-0.39, 0.29) is 5.95 Å². The van der Waals surface area contributed by atoms with Crippen LogP contribution in [0.4, 0.5) is 5.95 Å². The van der Waals surface area contributed by atoms with E-state index in [1.54, 1.807) is 6.20 Å². The van der Waals surface area contributed by atoms with Crippen LogP contribution in [0.3, 0.4) is 0 Å². The van der Waals surface area contributed by atoms with Gasteiger partial charge < -0.3 is 10.9 Å². The molecule has 0 aliphatic heterocycles. The minimum atomic E-state index is 0.276. The molecule has 68 valence electrons. The fraction of sp³-hybridized carbons (Fsp3) is 0.375. The fourth-order valence-electron chi connectivity index (χ4n) is 1.53. The molecule has 0 amide bonds. The van der Waals surface area contributed by atoms with Crippen LogP contribution in [0.1, 0.15) is 24.1 Å². The monoisotopic (exact) mass is 178 g/mol. The van der Waals surface area contributed by atoms with Gasteiger partial charge in [-0.1, -0.05) is 5.16 Å². The Hall–Kier alpha value is -1.65. The molecule has 2 rings (SSSR count). The zero-order valence-corrected chi connectivity index (χ0v) is 7.06. The second-order valence-corrected chi connectivity index (χ2v) is 2.99. The molecule has 13 heavy (non-hydrogen) atoms. The van der Waals surface area contributed by atoms with Crippen molar-refractivity contribution in [2.75, 3.05) is 5.73 Å². The highest BCUT2D eigenvalue weighted by Crippen LogP contribution is 2.19. The third-order valence-electron chi connectivity index (χ3n) is 2.15. The maximum atomic E-state index is 8.71. The third-order valence-corrected chi connectivity index (χ3v) is 2.15. The predicted molar refractivity (Wildman–Crippen MR) is 47.7 cm³/mol. The molecular formula is C8H10N4O. The van der Waals surface area contributed by atoms with Crippen molar-refractivity contribution in [2.24, 2.45) is 5.16 Å². The van der Waals surface area contributed by atoms with Crippen molar-refractivity contribution >= 4 is 11.7 Å². The van der Waals surface area contributed by atoms with Gasteiger partial charge in [-0.3, -0.25) is 0 Å². The molecule has 0 aromatic carbocycles. The summed E-state index contributed by atoms with van der Waals surface area (Å²) in [4.78, 5) is 7.95. The van der Waals surface area contributed by atoms with E-state index < -0.39 is 0 Å². The zero-order chi connectivity index (χ0) is 9.26. The molecule has 3 N–H and O–H groups in total. The number of hydrogen-bond acceptors (Lipinski definition) is 5. The van der Waals surface area contributed by atoms with E-state index in [2.05, 4.69) is 15.1 Å². The van der Waals surface area contributed by atoms with Crippen LogP contribution in [-0.2, 0) is 6.42 Å². The van der Waals surface area contributed by atoms with Crippen LogP contribution in [0.2, 0.25) is 0 Å². The summed E-state index contributed by atoms with van der Waals surface area (Å²) in [6.07, 6.45) is 4.21. The topological polar surface area (TPSA) is 84.4 Å². The molecule has 0 radical (unpaired) electrons. The lowest BCUT2D eigenvalue weighted by Gasteiger charge is -2.14. The van der Waals surface area contributed by atoms with Gasteiger partial charge in [-0.2, -0.15) is 0 Å². The lowest BCUT2D eigenvalue weighted by Crippen LogP contribution is -2.15. The normalized spacial score (nSPS) is 18.6. The van der Waals surface area contributed by atoms with Crippen LogP contribution >= 0.6 is 0 Å². The lowest BCUT2D eigenvalue weighted by molar-refractivity contribution is 0.317. The van der Waals surface area contributed by atoms with Gasteiger partial charge in [0.15, 0.2) is 0 Å². The standard InChI is InChI=1S/C8H10N4O/c9-8-10-4-5-6(11-8)2-1-3-7(5)12-13/h4,13H,1-3H2,(H2,9,10,11)/b12-7+. The summed E-state index contributed by atoms with van der Waals surface area (Å²) in [7, 11) is 0. The first-order valence-corrected chi connectivity index (χ1v) is 4.14. The Morgan fingerprint density at radius 3 is 3.08 bits per heavy atom. The summed E-state index contributed by atoms with van der Waals surface area (Å²) < 4.78 is 0. The van der Waals surface area contributed by atoms with Gasteiger partial charge in [-0.15, -0.1) is 0 Å². The molecule has 5 nitrogen and oxygen atoms in total. The number of nitrogens with two attached hydrogens (primary N) is 1. The van der Waals surface area contributed by atoms with Gasteiger partial charge in [-0.25, -0.2) is 9.97 Å². The number of rotatable bonds is 0. The molecule has 1 aliphatic rings. The van der Waals surface area contributed by atoms with Crippen molar-refractivity contribution in [3.05, 3.63) is 17.5 Å². The minimum absolute atomic E-state index is 0.276. The van der Waals surface area contributed by atoms with Crippen LogP contribution in [0.5, 0.6) is 0 Å². The molecule has 0 bridgehead atoms. The molecule has 1 aromatic rings. The highest BCUT2D eigenvalue weighted by atomic mass is 16.4. The molecule has 0 spiro atoms. The molecule has 5 heteroatoms. The predicted octanol–water partition coefficient (Wildman–Crippen LogP) is 0.573. The Morgan fingerprint density at radius 1 is 1.46 bits per heavy atom. The van der Waals surface area contributed by atoms with Gasteiger partial charge in [0.2, 0.25) is 5.95 Å². The second kappa shape index (κ2) is 3.01. The van der Waals surface area contributed by atoms with E-state index in [9.17, 15) is 0 Å². The van der Waals surface area contributed by atoms with Crippen molar-refractivity contribution < 1.29 is 5.21 Å². The van der Waals surface area contributed by atoms with Gasteiger partial charge in [-0.05, 0) is 19.3 Å². The molecular weight excluding hydrogens is 168 g/mol. The lowest BCUT2D eigenvalue weighted by atomic mass is 9.95. The largest absolute Gasteiger partial charge is 0.411 e. The molecule has 0 unspecified atom stereocenters. The maximum Gasteiger partial charge on any atom is 0.220 e. The third kappa shape index (κ3) is 1.32. The average molecular weight is 178 g/mol. The number of nitrogens with zero attached hydrogens (tertiary/aromatic N) is 3. The van der Waals surface area contributed by atoms with Gasteiger partial charge in [0, 0.05) is 11.8 Å². The van der Waals surface area contributed by atoms with Crippen LogP contribution in [0.15, 0.2) is 11.4 Å². The van der Waals surface area contributed by atoms with Crippen molar-refractivity contribution in [3.63, 3.8) is 0 Å². The van der Waals surface area contributed by atoms with Crippen LogP contribution in [-0.4, -0.2) is 20.9 Å². The number of fused-ring (bicyclic) bond motifs is 1. The smallest absolute Gasteiger partial charge is 0.220 e. The SMILES string of the molecule is Nc1ncc2c(n1)CCC/C2=N\O. The number of anilines is 1. The Labute approximate surface area is 75.3 Å². The molecule has 1 aromatic heterocycles. The first-order chi connectivity index (χ1) is 6.31. The number of nitrogen functional groups attached to an aromatic ring is 1. The van der Waals surface area contributed by atoms with Crippen molar-refractivity contribution in [3.8, 4) is 0 Å². The summed E-state index contributed by atoms with van der Waals surface area (Å²) >= 11 is 0. The van der Waals surface area contributed by atoms with Crippen LogP contribution in [0, 0.1) is 0 Å². The quantitative estimate of drug-likeness (QED) is 0.449. The van der Waals surface area contributed by atoms with Gasteiger partial charge in [0.05, 0.1) is 11.4 Å². The highest BCUT2D eigenvalue weighted by molar-refractivity contribution is 6.01. The van der Waals surface area contributed by atoms with E-state index in [1.165, 1.54) is 0 Å². The van der Waals surface area contributed by atoms with E-state index >= 15 is 0 Å². The zero-order valence-electron chi connectivity index (χ0n) is 7.06. The summed E-state index contributed by atoms with van der Waals surface area (Å²) in [6, 6.07) is 0. The molecule has 0 fully saturated rings. The Morgan fingerprint density at radius 2 is 2.31 bits per heavy atom. The number of aromatic nitrogens is 2. The number of oxime groups is 1. The first kappa shape index (κ1) is 7.97.